The van der Waals surface area contributed by atoms with Gasteiger partial charge in [0.05, 0.1) is 6.07 Å². The lowest BCUT2D eigenvalue weighted by molar-refractivity contribution is 0.0789. The Labute approximate surface area is 65.0 Å². The van der Waals surface area contributed by atoms with E-state index in [2.05, 4.69) is 0 Å². The zero-order valence-corrected chi connectivity index (χ0v) is 6.26. The maximum absolute atomic E-state index is 12.9. The Morgan fingerprint density at radius 1 is 1.27 bits per heavy atom. The van der Waals surface area contributed by atoms with Crippen LogP contribution in [0.25, 0.3) is 0 Å². The van der Waals surface area contributed by atoms with Crippen LogP contribution in [-0.4, -0.2) is 12.3 Å². The topological polar surface area (TPSA) is 23.8 Å². The summed E-state index contributed by atoms with van der Waals surface area (Å²) in [6.07, 6.45) is -0.719. The molecule has 1 fully saturated rings. The van der Waals surface area contributed by atoms with Gasteiger partial charge in [0, 0.05) is 12.3 Å². The summed E-state index contributed by atoms with van der Waals surface area (Å²) < 4.78 is 25.8. The Hall–Kier alpha value is -0.650. The van der Waals surface area contributed by atoms with E-state index in [1.807, 2.05) is 6.07 Å². The molecule has 3 heteroatoms. The zero-order chi connectivity index (χ0) is 8.27. The first-order valence-electron chi connectivity index (χ1n) is 3.91. The molecule has 0 heterocycles. The molecule has 0 aromatic heterocycles. The number of nitrogens with zero attached hydrogens (tertiary/aromatic N) is 1. The highest BCUT2D eigenvalue weighted by Gasteiger charge is 2.33. The summed E-state index contributed by atoms with van der Waals surface area (Å²) in [6.45, 7) is 0. The molecule has 2 atom stereocenters. The van der Waals surface area contributed by atoms with Crippen LogP contribution in [0, 0.1) is 17.2 Å². The monoisotopic (exact) mass is 159 g/mol. The highest BCUT2D eigenvalue weighted by Crippen LogP contribution is 2.31. The molecule has 2 unspecified atom stereocenters. The number of halogens is 2. The fourth-order valence-electron chi connectivity index (χ4n) is 1.52. The van der Waals surface area contributed by atoms with Gasteiger partial charge in [0.25, 0.3) is 0 Å². The molecule has 0 radical (unpaired) electrons. The third-order valence-corrected chi connectivity index (χ3v) is 2.22. The second-order valence-corrected chi connectivity index (χ2v) is 2.99. The van der Waals surface area contributed by atoms with Crippen LogP contribution >= 0.6 is 0 Å². The minimum atomic E-state index is -1.10. The van der Waals surface area contributed by atoms with Gasteiger partial charge in [-0.2, -0.15) is 5.26 Å². The molecule has 62 valence electrons. The molecule has 11 heavy (non-hydrogen) atoms. The van der Waals surface area contributed by atoms with E-state index < -0.39 is 18.3 Å². The minimum absolute atomic E-state index is 0.0162. The Morgan fingerprint density at radius 2 is 1.82 bits per heavy atom. The van der Waals surface area contributed by atoms with Gasteiger partial charge in [-0.3, -0.25) is 0 Å². The summed E-state index contributed by atoms with van der Waals surface area (Å²) >= 11 is 0. The van der Waals surface area contributed by atoms with E-state index in [0.29, 0.717) is 19.3 Å². The number of hydrogen-bond donors (Lipinski definition) is 0. The zero-order valence-electron chi connectivity index (χ0n) is 6.26. The second-order valence-electron chi connectivity index (χ2n) is 2.99. The van der Waals surface area contributed by atoms with Gasteiger partial charge in [0.2, 0.25) is 0 Å². The summed E-state index contributed by atoms with van der Waals surface area (Å²) in [7, 11) is 0. The summed E-state index contributed by atoms with van der Waals surface area (Å²) in [5.74, 6) is -0.659. The maximum atomic E-state index is 12.9. The summed E-state index contributed by atoms with van der Waals surface area (Å²) in [5, 5.41) is 8.27. The normalized spacial score (nSPS) is 38.1. The van der Waals surface area contributed by atoms with Gasteiger partial charge in [-0.15, -0.1) is 0 Å². The lowest BCUT2D eigenvalue weighted by Crippen LogP contribution is -2.30. The van der Waals surface area contributed by atoms with Crippen LogP contribution in [0.15, 0.2) is 0 Å². The average Bonchev–Trinajstić information content (AvgIpc) is 1.97. The molecule has 1 nitrogen and oxygen atoms in total. The fraction of sp³-hybridized carbons (Fsp3) is 0.875. The van der Waals surface area contributed by atoms with Gasteiger partial charge in [-0.25, -0.2) is 8.78 Å². The Bertz CT molecular complexity index is 154. The van der Waals surface area contributed by atoms with Crippen molar-refractivity contribution < 1.29 is 8.78 Å². The van der Waals surface area contributed by atoms with Crippen molar-refractivity contribution >= 4 is 0 Å². The van der Waals surface area contributed by atoms with Crippen LogP contribution < -0.4 is 0 Å². The van der Waals surface area contributed by atoms with E-state index in [4.69, 9.17) is 5.26 Å². The number of nitriles is 1. The third kappa shape index (κ3) is 1.89. The van der Waals surface area contributed by atoms with Crippen molar-refractivity contribution in [2.24, 2.45) is 5.92 Å². The van der Waals surface area contributed by atoms with E-state index in [0.717, 1.165) is 0 Å². The first-order valence-corrected chi connectivity index (χ1v) is 3.91. The van der Waals surface area contributed by atoms with Gasteiger partial charge in [-0.05, 0) is 19.3 Å². The molecule has 1 aliphatic rings. The standard InChI is InChI=1S/C8H11F2N/c9-7-2-1-3-8(10)6(7)4-5-11/h6-8H,1-4H2. The van der Waals surface area contributed by atoms with Crippen LogP contribution in [0.5, 0.6) is 0 Å². The summed E-state index contributed by atoms with van der Waals surface area (Å²) in [6, 6.07) is 1.82. The first-order chi connectivity index (χ1) is 5.25. The van der Waals surface area contributed by atoms with E-state index in [1.165, 1.54) is 0 Å². The van der Waals surface area contributed by atoms with E-state index >= 15 is 0 Å². The van der Waals surface area contributed by atoms with E-state index in [9.17, 15) is 8.78 Å². The second kappa shape index (κ2) is 3.66. The predicted octanol–water partition coefficient (Wildman–Crippen LogP) is 2.38. The predicted molar refractivity (Wildman–Crippen MR) is 37.4 cm³/mol. The molecule has 1 rings (SSSR count). The number of rotatable bonds is 1. The molecular formula is C8H11F2N. The molecule has 0 saturated heterocycles. The maximum Gasteiger partial charge on any atom is 0.107 e. The van der Waals surface area contributed by atoms with Crippen LogP contribution in [0.1, 0.15) is 25.7 Å². The average molecular weight is 159 g/mol. The van der Waals surface area contributed by atoms with Crippen LogP contribution in [0.2, 0.25) is 0 Å². The molecule has 0 amide bonds. The van der Waals surface area contributed by atoms with Gasteiger partial charge in [0.15, 0.2) is 0 Å². The Morgan fingerprint density at radius 3 is 2.27 bits per heavy atom. The molecule has 0 bridgehead atoms. The number of alkyl halides is 2. The lowest BCUT2D eigenvalue weighted by atomic mass is 9.84. The van der Waals surface area contributed by atoms with Gasteiger partial charge in [-0.1, -0.05) is 0 Å². The molecular weight excluding hydrogens is 148 g/mol. The van der Waals surface area contributed by atoms with Crippen LogP contribution in [-0.2, 0) is 0 Å². The van der Waals surface area contributed by atoms with Crippen molar-refractivity contribution in [3.05, 3.63) is 0 Å². The van der Waals surface area contributed by atoms with Gasteiger partial charge >= 0.3 is 0 Å². The van der Waals surface area contributed by atoms with Crippen molar-refractivity contribution in [2.45, 2.75) is 38.0 Å². The molecule has 0 aromatic rings. The van der Waals surface area contributed by atoms with Crippen molar-refractivity contribution in [1.29, 1.82) is 5.26 Å². The van der Waals surface area contributed by atoms with E-state index in [-0.39, 0.29) is 6.42 Å². The van der Waals surface area contributed by atoms with Gasteiger partial charge < -0.3 is 0 Å². The van der Waals surface area contributed by atoms with Crippen molar-refractivity contribution in [3.8, 4) is 6.07 Å². The largest absolute Gasteiger partial charge is 0.247 e. The first kappa shape index (κ1) is 8.45. The summed E-state index contributed by atoms with van der Waals surface area (Å²) in [5.41, 5.74) is 0. The van der Waals surface area contributed by atoms with Crippen molar-refractivity contribution in [3.63, 3.8) is 0 Å². The molecule has 1 aliphatic carbocycles. The molecule has 0 aromatic carbocycles. The van der Waals surface area contributed by atoms with Crippen molar-refractivity contribution in [1.82, 2.24) is 0 Å². The third-order valence-electron chi connectivity index (χ3n) is 2.22. The van der Waals surface area contributed by atoms with Gasteiger partial charge in [0.1, 0.15) is 12.3 Å². The number of hydrogen-bond acceptors (Lipinski definition) is 1. The molecule has 0 N–H and O–H groups in total. The fourth-order valence-corrected chi connectivity index (χ4v) is 1.52. The van der Waals surface area contributed by atoms with E-state index in [1.54, 1.807) is 0 Å². The SMILES string of the molecule is N#CCC1C(F)CCCC1F. The lowest BCUT2D eigenvalue weighted by Gasteiger charge is -2.27. The van der Waals surface area contributed by atoms with Crippen molar-refractivity contribution in [2.75, 3.05) is 0 Å². The quantitative estimate of drug-likeness (QED) is 0.576. The minimum Gasteiger partial charge on any atom is -0.247 e. The Balaban J connectivity index is 2.49. The highest BCUT2D eigenvalue weighted by atomic mass is 19.1. The Kier molecular flexibility index (Phi) is 2.81. The molecule has 0 aliphatic heterocycles. The van der Waals surface area contributed by atoms with Crippen LogP contribution in [0.4, 0.5) is 8.78 Å². The highest BCUT2D eigenvalue weighted by molar-refractivity contribution is 4.88. The molecule has 1 saturated carbocycles. The van der Waals surface area contributed by atoms with Crippen LogP contribution in [0.3, 0.4) is 0 Å². The summed E-state index contributed by atoms with van der Waals surface area (Å²) in [4.78, 5) is 0. The molecule has 0 spiro atoms. The smallest absolute Gasteiger partial charge is 0.107 e.